The maximum Gasteiger partial charge on any atom is 0.229 e. The summed E-state index contributed by atoms with van der Waals surface area (Å²) in [6.45, 7) is -0.872. The van der Waals surface area contributed by atoms with E-state index in [4.69, 9.17) is 4.74 Å². The number of carbonyl (C=O) groups is 1. The number of sulfonamides is 1. The van der Waals surface area contributed by atoms with Gasteiger partial charge in [-0.3, -0.25) is 14.5 Å². The van der Waals surface area contributed by atoms with Crippen LogP contribution in [0.25, 0.3) is 0 Å². The molecule has 0 bridgehead atoms. The first-order valence-electron chi connectivity index (χ1n) is 8.24. The first kappa shape index (κ1) is 20.6. The van der Waals surface area contributed by atoms with Gasteiger partial charge in [-0.15, -0.1) is 0 Å². The number of nitrogens with zero attached hydrogens (tertiary/aromatic N) is 1. The molecule has 2 aromatic carbocycles. The number of anilines is 1. The maximum absolute atomic E-state index is 13.9. The Labute approximate surface area is 164 Å². The molecule has 0 amide bonds. The SMILES string of the molecule is CS(=O)(=O)Nc1ccc(Oc2ccc(F)cc2F)cc1C1N=CC(CF)=CC1=O. The first-order chi connectivity index (χ1) is 13.7. The van der Waals surface area contributed by atoms with Crippen molar-refractivity contribution in [2.45, 2.75) is 6.04 Å². The average molecular weight is 424 g/mol. The fourth-order valence-electron chi connectivity index (χ4n) is 2.66. The van der Waals surface area contributed by atoms with Gasteiger partial charge in [0.05, 0.1) is 11.9 Å². The summed E-state index contributed by atoms with van der Waals surface area (Å²) in [5.74, 6) is -2.47. The normalized spacial score (nSPS) is 16.5. The van der Waals surface area contributed by atoms with Crippen LogP contribution in [0.4, 0.5) is 18.9 Å². The number of allylic oxidation sites excluding steroid dienone is 1. The van der Waals surface area contributed by atoms with E-state index in [1.165, 1.54) is 24.4 Å². The number of dihydropyridines is 1. The van der Waals surface area contributed by atoms with Crippen molar-refractivity contribution < 1.29 is 31.1 Å². The highest BCUT2D eigenvalue weighted by molar-refractivity contribution is 7.92. The molecule has 1 aliphatic heterocycles. The van der Waals surface area contributed by atoms with E-state index in [0.717, 1.165) is 24.5 Å². The topological polar surface area (TPSA) is 84.8 Å². The summed E-state index contributed by atoms with van der Waals surface area (Å²) in [7, 11) is -3.69. The lowest BCUT2D eigenvalue weighted by atomic mass is 9.97. The summed E-state index contributed by atoms with van der Waals surface area (Å²) < 4.78 is 70.7. The van der Waals surface area contributed by atoms with Gasteiger partial charge >= 0.3 is 0 Å². The van der Waals surface area contributed by atoms with E-state index in [1.54, 1.807) is 0 Å². The summed E-state index contributed by atoms with van der Waals surface area (Å²) in [6, 6.07) is 5.59. The van der Waals surface area contributed by atoms with E-state index in [1.807, 2.05) is 0 Å². The molecule has 1 N–H and O–H groups in total. The van der Waals surface area contributed by atoms with Crippen molar-refractivity contribution in [3.05, 3.63) is 65.2 Å². The third-order valence-electron chi connectivity index (χ3n) is 3.88. The standard InChI is InChI=1S/C19H15F3N2O4S/c1-29(26,27)24-16-4-3-13(28-18-5-2-12(21)7-15(18)22)8-14(16)19-17(25)6-11(9-20)10-23-19/h2-8,10,19,24H,9H2,1H3. The molecule has 0 saturated carbocycles. The zero-order valence-corrected chi connectivity index (χ0v) is 15.8. The van der Waals surface area contributed by atoms with E-state index in [9.17, 15) is 26.4 Å². The van der Waals surface area contributed by atoms with Crippen LogP contribution < -0.4 is 9.46 Å². The molecule has 0 aromatic heterocycles. The van der Waals surface area contributed by atoms with Crippen molar-refractivity contribution >= 4 is 27.7 Å². The van der Waals surface area contributed by atoms with Crippen LogP contribution in [0.5, 0.6) is 11.5 Å². The Morgan fingerprint density at radius 3 is 2.55 bits per heavy atom. The summed E-state index contributed by atoms with van der Waals surface area (Å²) in [5, 5.41) is 0. The van der Waals surface area contributed by atoms with Crippen molar-refractivity contribution in [1.82, 2.24) is 0 Å². The fraction of sp³-hybridized carbons (Fsp3) is 0.158. The third-order valence-corrected chi connectivity index (χ3v) is 4.47. The van der Waals surface area contributed by atoms with Crippen molar-refractivity contribution in [3.63, 3.8) is 0 Å². The van der Waals surface area contributed by atoms with Crippen LogP contribution in [-0.4, -0.2) is 33.3 Å². The van der Waals surface area contributed by atoms with Crippen LogP contribution in [-0.2, 0) is 14.8 Å². The second kappa shape index (κ2) is 8.08. The van der Waals surface area contributed by atoms with Crippen molar-refractivity contribution in [3.8, 4) is 11.5 Å². The molecular weight excluding hydrogens is 409 g/mol. The minimum absolute atomic E-state index is 0.0621. The van der Waals surface area contributed by atoms with Gasteiger partial charge in [0.25, 0.3) is 0 Å². The minimum atomic E-state index is -3.69. The number of alkyl halides is 1. The Morgan fingerprint density at radius 2 is 1.93 bits per heavy atom. The van der Waals surface area contributed by atoms with E-state index >= 15 is 0 Å². The lowest BCUT2D eigenvalue weighted by molar-refractivity contribution is -0.115. The van der Waals surface area contributed by atoms with Gasteiger partial charge in [0, 0.05) is 23.4 Å². The van der Waals surface area contributed by atoms with Crippen LogP contribution in [0.15, 0.2) is 53.0 Å². The number of hydrogen-bond acceptors (Lipinski definition) is 5. The summed E-state index contributed by atoms with van der Waals surface area (Å²) in [4.78, 5) is 16.4. The molecular formula is C19H15F3N2O4S. The highest BCUT2D eigenvalue weighted by atomic mass is 32.2. The number of ether oxygens (including phenoxy) is 1. The predicted octanol–water partition coefficient (Wildman–Crippen LogP) is 3.72. The van der Waals surface area contributed by atoms with Gasteiger partial charge in [0.15, 0.2) is 17.3 Å². The number of benzene rings is 2. The monoisotopic (exact) mass is 424 g/mol. The molecule has 3 rings (SSSR count). The average Bonchev–Trinajstić information content (AvgIpc) is 2.64. The van der Waals surface area contributed by atoms with Crippen LogP contribution in [0.2, 0.25) is 0 Å². The number of aliphatic imine (C=N–C) groups is 1. The largest absolute Gasteiger partial charge is 0.454 e. The van der Waals surface area contributed by atoms with Crippen LogP contribution in [0, 0.1) is 11.6 Å². The van der Waals surface area contributed by atoms with Gasteiger partial charge < -0.3 is 4.74 Å². The van der Waals surface area contributed by atoms with E-state index < -0.39 is 40.2 Å². The number of halogens is 3. The zero-order chi connectivity index (χ0) is 21.2. The fourth-order valence-corrected chi connectivity index (χ4v) is 3.24. The Kier molecular flexibility index (Phi) is 5.73. The Morgan fingerprint density at radius 1 is 1.17 bits per heavy atom. The quantitative estimate of drug-likeness (QED) is 0.766. The van der Waals surface area contributed by atoms with E-state index in [-0.39, 0.29) is 28.3 Å². The molecule has 1 heterocycles. The van der Waals surface area contributed by atoms with Crippen LogP contribution in [0.3, 0.4) is 0 Å². The van der Waals surface area contributed by atoms with E-state index in [0.29, 0.717) is 6.07 Å². The molecule has 0 aliphatic carbocycles. The van der Waals surface area contributed by atoms with Crippen molar-refractivity contribution in [2.24, 2.45) is 4.99 Å². The molecule has 0 radical (unpaired) electrons. The molecule has 1 aliphatic rings. The van der Waals surface area contributed by atoms with Gasteiger partial charge in [-0.1, -0.05) is 0 Å². The molecule has 152 valence electrons. The van der Waals surface area contributed by atoms with Gasteiger partial charge in [-0.2, -0.15) is 0 Å². The maximum atomic E-state index is 13.9. The van der Waals surface area contributed by atoms with Gasteiger partial charge in [0.1, 0.15) is 24.3 Å². The molecule has 1 unspecified atom stereocenters. The first-order valence-corrected chi connectivity index (χ1v) is 10.1. The van der Waals surface area contributed by atoms with Gasteiger partial charge in [-0.05, 0) is 36.4 Å². The number of hydrogen-bond donors (Lipinski definition) is 1. The predicted molar refractivity (Wildman–Crippen MR) is 102 cm³/mol. The highest BCUT2D eigenvalue weighted by Gasteiger charge is 2.25. The lowest BCUT2D eigenvalue weighted by Crippen LogP contribution is -2.18. The highest BCUT2D eigenvalue weighted by Crippen LogP contribution is 2.35. The smallest absolute Gasteiger partial charge is 0.229 e. The number of rotatable bonds is 6. The minimum Gasteiger partial charge on any atom is -0.454 e. The second-order valence-corrected chi connectivity index (χ2v) is 7.98. The number of ketones is 1. The Hall–Kier alpha value is -3.14. The van der Waals surface area contributed by atoms with Crippen molar-refractivity contribution in [2.75, 3.05) is 17.7 Å². The second-order valence-electron chi connectivity index (χ2n) is 6.24. The van der Waals surface area contributed by atoms with Crippen molar-refractivity contribution in [1.29, 1.82) is 0 Å². The molecule has 0 spiro atoms. The lowest BCUT2D eigenvalue weighted by Gasteiger charge is -2.19. The molecule has 0 saturated heterocycles. The molecule has 29 heavy (non-hydrogen) atoms. The Balaban J connectivity index is 2.01. The molecule has 0 fully saturated rings. The number of carbonyl (C=O) groups excluding carboxylic acids is 1. The molecule has 2 aromatic rings. The van der Waals surface area contributed by atoms with Crippen LogP contribution >= 0.6 is 0 Å². The molecule has 1 atom stereocenters. The number of nitrogens with one attached hydrogen (secondary N) is 1. The molecule has 6 nitrogen and oxygen atoms in total. The summed E-state index contributed by atoms with van der Waals surface area (Å²) >= 11 is 0. The van der Waals surface area contributed by atoms with Crippen LogP contribution in [0.1, 0.15) is 11.6 Å². The summed E-state index contributed by atoms with van der Waals surface area (Å²) in [6.07, 6.45) is 3.20. The summed E-state index contributed by atoms with van der Waals surface area (Å²) in [5.41, 5.74) is 0.280. The Bertz CT molecular complexity index is 1130. The van der Waals surface area contributed by atoms with Gasteiger partial charge in [0.2, 0.25) is 10.0 Å². The zero-order valence-electron chi connectivity index (χ0n) is 15.0. The van der Waals surface area contributed by atoms with Gasteiger partial charge in [-0.25, -0.2) is 21.6 Å². The third kappa shape index (κ3) is 5.02. The van der Waals surface area contributed by atoms with E-state index in [2.05, 4.69) is 9.71 Å². The molecule has 10 heteroatoms.